The Kier molecular flexibility index (Phi) is 2.72. The summed E-state index contributed by atoms with van der Waals surface area (Å²) in [6, 6.07) is 0. The first-order chi connectivity index (χ1) is 7.30. The highest BCUT2D eigenvalue weighted by atomic mass is 16.1. The van der Waals surface area contributed by atoms with Crippen molar-refractivity contribution in [3.05, 3.63) is 0 Å². The number of carbonyl (C=O) groups excluding carboxylic acids is 1. The highest BCUT2D eigenvalue weighted by Gasteiger charge is 2.59. The number of rotatable bonds is 1. The third kappa shape index (κ3) is 1.47. The van der Waals surface area contributed by atoms with Crippen LogP contribution in [0.2, 0.25) is 0 Å². The fourth-order valence-corrected chi connectivity index (χ4v) is 4.13. The molecule has 2 aliphatic rings. The van der Waals surface area contributed by atoms with Gasteiger partial charge in [-0.1, -0.05) is 34.6 Å². The Morgan fingerprint density at radius 3 is 2.50 bits per heavy atom. The normalized spacial score (nSPS) is 48.5. The van der Waals surface area contributed by atoms with Gasteiger partial charge in [-0.25, -0.2) is 0 Å². The average Bonchev–Trinajstić information content (AvgIpc) is 2.37. The van der Waals surface area contributed by atoms with Crippen molar-refractivity contribution in [3.63, 3.8) is 0 Å². The van der Waals surface area contributed by atoms with Crippen molar-refractivity contribution in [3.8, 4) is 0 Å². The van der Waals surface area contributed by atoms with Crippen LogP contribution < -0.4 is 0 Å². The van der Waals surface area contributed by atoms with Crippen molar-refractivity contribution in [1.82, 2.24) is 0 Å². The molecule has 0 spiro atoms. The van der Waals surface area contributed by atoms with Gasteiger partial charge in [0.25, 0.3) is 0 Å². The molecular weight excluding hydrogens is 196 g/mol. The zero-order valence-corrected chi connectivity index (χ0v) is 11.5. The van der Waals surface area contributed by atoms with E-state index in [2.05, 4.69) is 34.6 Å². The Hall–Kier alpha value is -0.330. The standard InChI is InChI=1S/C15H26O/c1-10(2)12-6-7-14(4)9-13(16)11(3)15(14,5)8-12/h10-12H,6-9H2,1-5H3/t11-,12-,14-,15+/m1/s1. The van der Waals surface area contributed by atoms with E-state index in [0.717, 1.165) is 18.3 Å². The van der Waals surface area contributed by atoms with Gasteiger partial charge >= 0.3 is 0 Å². The van der Waals surface area contributed by atoms with Gasteiger partial charge in [-0.15, -0.1) is 0 Å². The van der Waals surface area contributed by atoms with Crippen LogP contribution >= 0.6 is 0 Å². The van der Waals surface area contributed by atoms with E-state index in [1.54, 1.807) is 0 Å². The Morgan fingerprint density at radius 2 is 1.94 bits per heavy atom. The summed E-state index contributed by atoms with van der Waals surface area (Å²) >= 11 is 0. The lowest BCUT2D eigenvalue weighted by molar-refractivity contribution is -0.121. The van der Waals surface area contributed by atoms with Crippen LogP contribution in [0.15, 0.2) is 0 Å². The average molecular weight is 222 g/mol. The van der Waals surface area contributed by atoms with Gasteiger partial charge in [0.15, 0.2) is 0 Å². The van der Waals surface area contributed by atoms with Gasteiger partial charge in [-0.2, -0.15) is 0 Å². The predicted octanol–water partition coefficient (Wildman–Crippen LogP) is 4.06. The molecule has 1 heteroatoms. The van der Waals surface area contributed by atoms with Crippen molar-refractivity contribution in [2.75, 3.05) is 0 Å². The van der Waals surface area contributed by atoms with E-state index in [-0.39, 0.29) is 16.7 Å². The molecule has 0 N–H and O–H groups in total. The van der Waals surface area contributed by atoms with Gasteiger partial charge in [0, 0.05) is 12.3 Å². The molecule has 2 aliphatic carbocycles. The molecule has 0 radical (unpaired) electrons. The quantitative estimate of drug-likeness (QED) is 0.654. The number of hydrogen-bond donors (Lipinski definition) is 0. The molecule has 2 rings (SSSR count). The summed E-state index contributed by atoms with van der Waals surface area (Å²) in [7, 11) is 0. The topological polar surface area (TPSA) is 17.1 Å². The number of ketones is 1. The summed E-state index contributed by atoms with van der Waals surface area (Å²) in [5.74, 6) is 2.38. The SMILES string of the molecule is CC(C)[C@@H]1CC[C@]2(C)CC(=O)[C@@H](C)[C@]2(C)C1. The highest BCUT2D eigenvalue weighted by molar-refractivity contribution is 5.85. The lowest BCUT2D eigenvalue weighted by Crippen LogP contribution is -2.43. The fourth-order valence-electron chi connectivity index (χ4n) is 4.13. The first-order valence-corrected chi connectivity index (χ1v) is 6.83. The third-order valence-corrected chi connectivity index (χ3v) is 6.08. The number of hydrogen-bond acceptors (Lipinski definition) is 1. The van der Waals surface area contributed by atoms with E-state index in [1.165, 1.54) is 19.3 Å². The van der Waals surface area contributed by atoms with Gasteiger partial charge in [0.2, 0.25) is 0 Å². The van der Waals surface area contributed by atoms with Crippen molar-refractivity contribution < 1.29 is 4.79 Å². The second kappa shape index (κ2) is 3.58. The van der Waals surface area contributed by atoms with Crippen LogP contribution in [0.5, 0.6) is 0 Å². The molecule has 0 aromatic heterocycles. The Balaban J connectivity index is 2.29. The fraction of sp³-hybridized carbons (Fsp3) is 0.933. The molecule has 0 bridgehead atoms. The van der Waals surface area contributed by atoms with Crippen molar-refractivity contribution in [2.45, 2.75) is 60.3 Å². The van der Waals surface area contributed by atoms with Crippen LogP contribution in [0, 0.1) is 28.6 Å². The molecule has 0 amide bonds. The zero-order valence-electron chi connectivity index (χ0n) is 11.5. The summed E-state index contributed by atoms with van der Waals surface area (Å²) < 4.78 is 0. The zero-order chi connectivity index (χ0) is 12.1. The summed E-state index contributed by atoms with van der Waals surface area (Å²) in [5.41, 5.74) is 0.548. The van der Waals surface area contributed by atoms with Crippen LogP contribution in [0.4, 0.5) is 0 Å². The van der Waals surface area contributed by atoms with Crippen molar-refractivity contribution in [1.29, 1.82) is 0 Å². The molecule has 1 nitrogen and oxygen atoms in total. The van der Waals surface area contributed by atoms with Crippen LogP contribution in [-0.2, 0) is 4.79 Å². The minimum Gasteiger partial charge on any atom is -0.299 e. The van der Waals surface area contributed by atoms with Gasteiger partial charge in [0.1, 0.15) is 5.78 Å². The molecule has 0 aliphatic heterocycles. The van der Waals surface area contributed by atoms with Crippen LogP contribution in [-0.4, -0.2) is 5.78 Å². The Labute approximate surface area is 100.0 Å². The molecule has 0 aromatic rings. The molecule has 0 aromatic carbocycles. The van der Waals surface area contributed by atoms with E-state index < -0.39 is 0 Å². The summed E-state index contributed by atoms with van der Waals surface area (Å²) in [5, 5.41) is 0. The molecule has 2 saturated carbocycles. The Bertz CT molecular complexity index is 307. The van der Waals surface area contributed by atoms with Gasteiger partial charge in [0.05, 0.1) is 0 Å². The second-order valence-electron chi connectivity index (χ2n) is 7.09. The molecule has 16 heavy (non-hydrogen) atoms. The molecular formula is C15H26O. The maximum Gasteiger partial charge on any atom is 0.136 e. The molecule has 0 saturated heterocycles. The largest absolute Gasteiger partial charge is 0.299 e. The van der Waals surface area contributed by atoms with Crippen LogP contribution in [0.3, 0.4) is 0 Å². The molecule has 0 unspecified atom stereocenters. The molecule has 2 fully saturated rings. The molecule has 92 valence electrons. The number of fused-ring (bicyclic) bond motifs is 1. The Morgan fingerprint density at radius 1 is 1.31 bits per heavy atom. The van der Waals surface area contributed by atoms with E-state index in [4.69, 9.17) is 0 Å². The lowest BCUT2D eigenvalue weighted by atomic mass is 9.54. The van der Waals surface area contributed by atoms with E-state index in [1.807, 2.05) is 0 Å². The summed E-state index contributed by atoms with van der Waals surface area (Å²) in [6.45, 7) is 11.6. The monoisotopic (exact) mass is 222 g/mol. The van der Waals surface area contributed by atoms with Gasteiger partial charge < -0.3 is 0 Å². The maximum absolute atomic E-state index is 12.0. The summed E-state index contributed by atoms with van der Waals surface area (Å²) in [6.07, 6.45) is 4.66. The second-order valence-corrected chi connectivity index (χ2v) is 7.09. The van der Waals surface area contributed by atoms with E-state index in [0.29, 0.717) is 5.78 Å². The first kappa shape index (κ1) is 12.1. The van der Waals surface area contributed by atoms with E-state index >= 15 is 0 Å². The maximum atomic E-state index is 12.0. The number of carbonyl (C=O) groups is 1. The molecule has 0 heterocycles. The minimum atomic E-state index is 0.261. The molecule has 4 atom stereocenters. The van der Waals surface area contributed by atoms with Gasteiger partial charge in [-0.05, 0) is 41.9 Å². The number of Topliss-reactive ketones (excluding diaryl/α,β-unsaturated/α-hetero) is 1. The van der Waals surface area contributed by atoms with E-state index in [9.17, 15) is 4.79 Å². The van der Waals surface area contributed by atoms with Crippen molar-refractivity contribution >= 4 is 5.78 Å². The van der Waals surface area contributed by atoms with Crippen LogP contribution in [0.25, 0.3) is 0 Å². The first-order valence-electron chi connectivity index (χ1n) is 6.83. The minimum absolute atomic E-state index is 0.261. The lowest BCUT2D eigenvalue weighted by Gasteiger charge is -2.50. The van der Waals surface area contributed by atoms with Gasteiger partial charge in [-0.3, -0.25) is 4.79 Å². The smallest absolute Gasteiger partial charge is 0.136 e. The summed E-state index contributed by atoms with van der Waals surface area (Å²) in [4.78, 5) is 12.0. The third-order valence-electron chi connectivity index (χ3n) is 6.08. The highest BCUT2D eigenvalue weighted by Crippen LogP contribution is 2.63. The predicted molar refractivity (Wildman–Crippen MR) is 67.2 cm³/mol. The van der Waals surface area contributed by atoms with Crippen LogP contribution in [0.1, 0.15) is 60.3 Å². The van der Waals surface area contributed by atoms with Crippen molar-refractivity contribution in [2.24, 2.45) is 28.6 Å².